The number of rotatable bonds is 5. The number of nitrogens with zero attached hydrogens (tertiary/aromatic N) is 2. The normalized spacial score (nSPS) is 10.7. The number of aliphatic hydroxyl groups excluding tert-OH is 1. The molecule has 0 atom stereocenters. The molecule has 0 bridgehead atoms. The number of aromatic nitrogens is 2. The molecule has 1 N–H and O–H groups in total. The van der Waals surface area contributed by atoms with Gasteiger partial charge in [0.1, 0.15) is 0 Å². The summed E-state index contributed by atoms with van der Waals surface area (Å²) in [5, 5.41) is 13.6. The van der Waals surface area contributed by atoms with Crippen LogP contribution in [0.5, 0.6) is 0 Å². The van der Waals surface area contributed by atoms with Gasteiger partial charge in [0.25, 0.3) is 0 Å². The van der Waals surface area contributed by atoms with Crippen molar-refractivity contribution in [2.24, 2.45) is 0 Å². The van der Waals surface area contributed by atoms with Gasteiger partial charge in [-0.3, -0.25) is 0 Å². The summed E-state index contributed by atoms with van der Waals surface area (Å²) in [6, 6.07) is 6.90. The van der Waals surface area contributed by atoms with Gasteiger partial charge in [-0.25, -0.2) is 9.48 Å². The van der Waals surface area contributed by atoms with E-state index in [0.717, 1.165) is 16.9 Å². The molecule has 0 aliphatic rings. The van der Waals surface area contributed by atoms with Crippen LogP contribution in [0.25, 0.3) is 5.69 Å². The summed E-state index contributed by atoms with van der Waals surface area (Å²) in [6.07, 6.45) is 0. The summed E-state index contributed by atoms with van der Waals surface area (Å²) >= 11 is 0. The second-order valence-electron chi connectivity index (χ2n) is 4.61. The van der Waals surface area contributed by atoms with Crippen LogP contribution in [0.15, 0.2) is 24.3 Å². The van der Waals surface area contributed by atoms with Crippen molar-refractivity contribution in [2.45, 2.75) is 20.5 Å². The van der Waals surface area contributed by atoms with Gasteiger partial charge in [-0.2, -0.15) is 5.10 Å². The number of esters is 1. The van der Waals surface area contributed by atoms with Gasteiger partial charge >= 0.3 is 5.97 Å². The molecule has 0 amide bonds. The summed E-state index contributed by atoms with van der Waals surface area (Å²) in [5.41, 5.74) is 3.82. The van der Waals surface area contributed by atoms with Crippen LogP contribution in [0.1, 0.15) is 27.3 Å². The Morgan fingerprint density at radius 1 is 1.29 bits per heavy atom. The minimum Gasteiger partial charge on any atom is -0.435 e. The molecule has 0 aliphatic heterocycles. The zero-order chi connectivity index (χ0) is 15.4. The second kappa shape index (κ2) is 6.51. The Labute approximate surface area is 122 Å². The molecule has 0 saturated carbocycles. The molecule has 6 heteroatoms. The molecular weight excluding hydrogens is 272 g/mol. The van der Waals surface area contributed by atoms with Gasteiger partial charge in [-0.15, -0.1) is 0 Å². The third-order valence-electron chi connectivity index (χ3n) is 3.32. The molecular formula is C15H18N2O4. The van der Waals surface area contributed by atoms with E-state index in [-0.39, 0.29) is 13.4 Å². The van der Waals surface area contributed by atoms with Crippen molar-refractivity contribution < 1.29 is 19.4 Å². The van der Waals surface area contributed by atoms with E-state index < -0.39 is 5.97 Å². The first-order chi connectivity index (χ1) is 10.1. The number of carbonyl (C=O) groups is 1. The van der Waals surface area contributed by atoms with Gasteiger partial charge < -0.3 is 14.6 Å². The third kappa shape index (κ3) is 3.12. The molecule has 2 rings (SSSR count). The van der Waals surface area contributed by atoms with Gasteiger partial charge in [0.15, 0.2) is 6.79 Å². The highest BCUT2D eigenvalue weighted by Crippen LogP contribution is 2.18. The summed E-state index contributed by atoms with van der Waals surface area (Å²) in [4.78, 5) is 11.7. The SMILES string of the molecule is COCOC(=O)c1ccc(-n2nc(CO)c(C)c2C)cc1. The van der Waals surface area contributed by atoms with Crippen LogP contribution in [0.3, 0.4) is 0 Å². The second-order valence-corrected chi connectivity index (χ2v) is 4.61. The smallest absolute Gasteiger partial charge is 0.340 e. The molecule has 0 fully saturated rings. The lowest BCUT2D eigenvalue weighted by Crippen LogP contribution is -2.08. The van der Waals surface area contributed by atoms with Crippen LogP contribution in [0, 0.1) is 13.8 Å². The van der Waals surface area contributed by atoms with Crippen LogP contribution in [0.2, 0.25) is 0 Å². The van der Waals surface area contributed by atoms with Crippen molar-refractivity contribution in [3.8, 4) is 5.69 Å². The first kappa shape index (κ1) is 15.2. The number of hydrogen-bond acceptors (Lipinski definition) is 5. The highest BCUT2D eigenvalue weighted by atomic mass is 16.7. The van der Waals surface area contributed by atoms with Crippen molar-refractivity contribution in [3.63, 3.8) is 0 Å². The average molecular weight is 290 g/mol. The Hall–Kier alpha value is -2.18. The van der Waals surface area contributed by atoms with E-state index in [2.05, 4.69) is 5.10 Å². The summed E-state index contributed by atoms with van der Waals surface area (Å²) in [5.74, 6) is -0.437. The standard InChI is InChI=1S/C15H18N2O4/c1-10-11(2)17(16-14(10)8-18)13-6-4-12(5-7-13)15(19)21-9-20-3/h4-7,18H,8-9H2,1-3H3. The number of aliphatic hydroxyl groups is 1. The average Bonchev–Trinajstić information content (AvgIpc) is 2.80. The fourth-order valence-electron chi connectivity index (χ4n) is 1.97. The van der Waals surface area contributed by atoms with Crippen molar-refractivity contribution in [3.05, 3.63) is 46.8 Å². The zero-order valence-corrected chi connectivity index (χ0v) is 12.3. The minimum absolute atomic E-state index is 0.0715. The van der Waals surface area contributed by atoms with Gasteiger partial charge in [0, 0.05) is 12.8 Å². The van der Waals surface area contributed by atoms with Gasteiger partial charge in [0.2, 0.25) is 0 Å². The molecule has 112 valence electrons. The highest BCUT2D eigenvalue weighted by Gasteiger charge is 2.12. The minimum atomic E-state index is -0.437. The molecule has 6 nitrogen and oxygen atoms in total. The Morgan fingerprint density at radius 3 is 2.48 bits per heavy atom. The van der Waals surface area contributed by atoms with Crippen molar-refractivity contribution in [1.29, 1.82) is 0 Å². The number of carbonyl (C=O) groups excluding carboxylic acids is 1. The van der Waals surface area contributed by atoms with Gasteiger partial charge in [-0.1, -0.05) is 0 Å². The van der Waals surface area contributed by atoms with Crippen LogP contribution < -0.4 is 0 Å². The third-order valence-corrected chi connectivity index (χ3v) is 3.32. The molecule has 2 aromatic rings. The van der Waals surface area contributed by atoms with E-state index in [9.17, 15) is 9.90 Å². The zero-order valence-electron chi connectivity index (χ0n) is 12.3. The van der Waals surface area contributed by atoms with Crippen LogP contribution in [-0.2, 0) is 16.1 Å². The number of methoxy groups -OCH3 is 1. The molecule has 1 aromatic heterocycles. The Kier molecular flexibility index (Phi) is 4.72. The molecule has 0 radical (unpaired) electrons. The van der Waals surface area contributed by atoms with Gasteiger partial charge in [-0.05, 0) is 43.7 Å². The number of hydrogen-bond donors (Lipinski definition) is 1. The molecule has 0 aliphatic carbocycles. The van der Waals surface area contributed by atoms with Crippen molar-refractivity contribution in [2.75, 3.05) is 13.9 Å². The monoisotopic (exact) mass is 290 g/mol. The highest BCUT2D eigenvalue weighted by molar-refractivity contribution is 5.89. The lowest BCUT2D eigenvalue weighted by atomic mass is 10.2. The molecule has 1 aromatic carbocycles. The Balaban J connectivity index is 2.25. The largest absolute Gasteiger partial charge is 0.435 e. The summed E-state index contributed by atoms with van der Waals surface area (Å²) < 4.78 is 11.3. The van der Waals surface area contributed by atoms with Crippen LogP contribution in [0.4, 0.5) is 0 Å². The maximum atomic E-state index is 11.7. The van der Waals surface area contributed by atoms with Gasteiger partial charge in [0.05, 0.1) is 23.6 Å². The maximum Gasteiger partial charge on any atom is 0.340 e. The Bertz CT molecular complexity index is 632. The molecule has 0 spiro atoms. The predicted molar refractivity (Wildman–Crippen MR) is 76.3 cm³/mol. The van der Waals surface area contributed by atoms with E-state index in [0.29, 0.717) is 11.3 Å². The van der Waals surface area contributed by atoms with E-state index in [4.69, 9.17) is 9.47 Å². The summed E-state index contributed by atoms with van der Waals surface area (Å²) in [7, 11) is 1.46. The van der Waals surface area contributed by atoms with Crippen LogP contribution >= 0.6 is 0 Å². The predicted octanol–water partition coefficient (Wildman–Crippen LogP) is 1.74. The quantitative estimate of drug-likeness (QED) is 0.670. The summed E-state index contributed by atoms with van der Waals surface area (Å²) in [6.45, 7) is 3.68. The number of benzene rings is 1. The fraction of sp³-hybridized carbons (Fsp3) is 0.333. The van der Waals surface area contributed by atoms with Crippen molar-refractivity contribution >= 4 is 5.97 Å². The first-order valence-electron chi connectivity index (χ1n) is 6.51. The molecule has 0 saturated heterocycles. The van der Waals surface area contributed by atoms with E-state index in [1.807, 2.05) is 13.8 Å². The molecule has 21 heavy (non-hydrogen) atoms. The van der Waals surface area contributed by atoms with Crippen molar-refractivity contribution in [1.82, 2.24) is 9.78 Å². The van der Waals surface area contributed by atoms with E-state index in [1.165, 1.54) is 7.11 Å². The lowest BCUT2D eigenvalue weighted by molar-refractivity contribution is -0.0125. The van der Waals surface area contributed by atoms with Crippen LogP contribution in [-0.4, -0.2) is 34.8 Å². The van der Waals surface area contributed by atoms with E-state index in [1.54, 1.807) is 28.9 Å². The molecule has 1 heterocycles. The molecule has 0 unspecified atom stereocenters. The Morgan fingerprint density at radius 2 is 1.95 bits per heavy atom. The lowest BCUT2D eigenvalue weighted by Gasteiger charge is -2.06. The fourth-order valence-corrected chi connectivity index (χ4v) is 1.97. The number of ether oxygens (including phenoxy) is 2. The maximum absolute atomic E-state index is 11.7. The van der Waals surface area contributed by atoms with E-state index >= 15 is 0 Å². The topological polar surface area (TPSA) is 73.6 Å². The first-order valence-corrected chi connectivity index (χ1v) is 6.51.